The largest absolute Gasteiger partial charge is 0.694 e. The van der Waals surface area contributed by atoms with Gasteiger partial charge in [-0.3, -0.25) is 0 Å². The van der Waals surface area contributed by atoms with Crippen LogP contribution in [0.2, 0.25) is 0 Å². The van der Waals surface area contributed by atoms with Gasteiger partial charge in [0.2, 0.25) is 0 Å². The van der Waals surface area contributed by atoms with Crippen LogP contribution in [0.3, 0.4) is 0 Å². The number of fused-ring (bicyclic) bond motifs is 5. The lowest BCUT2D eigenvalue weighted by Gasteiger charge is -2.61. The van der Waals surface area contributed by atoms with Crippen molar-refractivity contribution in [3.63, 3.8) is 0 Å². The highest BCUT2D eigenvalue weighted by molar-refractivity contribution is 7.32. The second-order valence-corrected chi connectivity index (χ2v) is 12.2. The van der Waals surface area contributed by atoms with Gasteiger partial charge in [-0.05, 0) is 117 Å². The van der Waals surface area contributed by atoms with E-state index in [-0.39, 0.29) is 6.10 Å². The Morgan fingerprint density at radius 2 is 1.76 bits per heavy atom. The minimum Gasteiger partial charge on any atom is -0.393 e. The zero-order valence-electron chi connectivity index (χ0n) is 18.7. The second-order valence-electron chi connectivity index (χ2n) is 11.5. The molecule has 0 saturated heterocycles. The predicted molar refractivity (Wildman–Crippen MR) is 115 cm³/mol. The van der Waals surface area contributed by atoms with Gasteiger partial charge in [-0.1, -0.05) is 20.8 Å². The van der Waals surface area contributed by atoms with Crippen molar-refractivity contribution in [1.29, 1.82) is 0 Å². The van der Waals surface area contributed by atoms with Crippen molar-refractivity contribution in [2.24, 2.45) is 46.3 Å². The van der Waals surface area contributed by atoms with E-state index < -0.39 is 8.25 Å². The third-order valence-corrected chi connectivity index (χ3v) is 10.8. The molecule has 4 nitrogen and oxygen atoms in total. The summed E-state index contributed by atoms with van der Waals surface area (Å²) in [5.41, 5.74) is 0.937. The minimum absolute atomic E-state index is 0.0526. The third kappa shape index (κ3) is 3.97. The molecular formula is C24H42O4P+. The van der Waals surface area contributed by atoms with Crippen molar-refractivity contribution >= 4 is 8.25 Å². The summed E-state index contributed by atoms with van der Waals surface area (Å²) in [4.78, 5) is 8.83. The zero-order chi connectivity index (χ0) is 20.8. The molecule has 4 aliphatic carbocycles. The first-order chi connectivity index (χ1) is 13.8. The summed E-state index contributed by atoms with van der Waals surface area (Å²) in [6, 6.07) is 0. The van der Waals surface area contributed by atoms with Gasteiger partial charge in [0.05, 0.1) is 6.10 Å². The van der Waals surface area contributed by atoms with E-state index in [1.165, 1.54) is 44.9 Å². The highest BCUT2D eigenvalue weighted by atomic mass is 31.1. The Morgan fingerprint density at radius 3 is 2.52 bits per heavy atom. The number of aliphatic hydroxyl groups is 1. The van der Waals surface area contributed by atoms with Crippen molar-refractivity contribution in [1.82, 2.24) is 0 Å². The first-order valence-electron chi connectivity index (χ1n) is 12.2. The van der Waals surface area contributed by atoms with Gasteiger partial charge in [-0.2, -0.15) is 0 Å². The standard InChI is InChI=1S/C24H41O4P/c1-16(5-4-14-28-29(26)27)20-8-9-21-19-7-6-17-15-18(25)10-12-23(17,2)22(19)11-13-24(20,21)3/h16-22,25H,4-15H2,1-3H3/p+1/t16-,17-,18-,19?,20?,21+,22?,23+,24-/m1/s1. The summed E-state index contributed by atoms with van der Waals surface area (Å²) in [6.07, 6.45) is 13.5. The van der Waals surface area contributed by atoms with Crippen molar-refractivity contribution in [3.05, 3.63) is 0 Å². The Balaban J connectivity index is 1.42. The van der Waals surface area contributed by atoms with Crippen LogP contribution in [0.25, 0.3) is 0 Å². The number of hydrogen-bond acceptors (Lipinski definition) is 3. The molecule has 2 N–H and O–H groups in total. The maximum atomic E-state index is 10.7. The highest BCUT2D eigenvalue weighted by Gasteiger charge is 2.60. The van der Waals surface area contributed by atoms with E-state index in [1.54, 1.807) is 0 Å². The van der Waals surface area contributed by atoms with Crippen molar-refractivity contribution in [3.8, 4) is 0 Å². The molecule has 166 valence electrons. The molecule has 0 heterocycles. The summed E-state index contributed by atoms with van der Waals surface area (Å²) < 4.78 is 15.6. The van der Waals surface area contributed by atoms with Gasteiger partial charge in [0.1, 0.15) is 6.61 Å². The van der Waals surface area contributed by atoms with Crippen molar-refractivity contribution < 1.29 is 19.1 Å². The lowest BCUT2D eigenvalue weighted by atomic mass is 9.44. The molecule has 0 aromatic rings. The summed E-state index contributed by atoms with van der Waals surface area (Å²) in [5.74, 6) is 4.83. The molecule has 0 bridgehead atoms. The van der Waals surface area contributed by atoms with Gasteiger partial charge in [0.15, 0.2) is 0 Å². The Bertz CT molecular complexity index is 612. The predicted octanol–water partition coefficient (Wildman–Crippen LogP) is 6.09. The fraction of sp³-hybridized carbons (Fsp3) is 1.00. The van der Waals surface area contributed by atoms with E-state index in [4.69, 9.17) is 9.42 Å². The summed E-state index contributed by atoms with van der Waals surface area (Å²) >= 11 is 0. The summed E-state index contributed by atoms with van der Waals surface area (Å²) in [7, 11) is -2.45. The molecule has 29 heavy (non-hydrogen) atoms. The molecular weight excluding hydrogens is 383 g/mol. The van der Waals surface area contributed by atoms with E-state index in [0.717, 1.165) is 55.3 Å². The van der Waals surface area contributed by atoms with E-state index >= 15 is 0 Å². The molecule has 4 rings (SSSR count). The average Bonchev–Trinajstić information content (AvgIpc) is 3.03. The van der Waals surface area contributed by atoms with Crippen LogP contribution in [0.5, 0.6) is 0 Å². The highest BCUT2D eigenvalue weighted by Crippen LogP contribution is 2.68. The van der Waals surface area contributed by atoms with Crippen LogP contribution in [-0.2, 0) is 9.09 Å². The molecule has 0 spiro atoms. The number of hydrogen-bond donors (Lipinski definition) is 2. The molecule has 0 aromatic heterocycles. The first kappa shape index (κ1) is 22.2. The Morgan fingerprint density at radius 1 is 1.03 bits per heavy atom. The quantitative estimate of drug-likeness (QED) is 0.399. The average molecular weight is 426 g/mol. The van der Waals surface area contributed by atoms with E-state index in [9.17, 15) is 9.67 Å². The SMILES string of the molecule is C[C@H](CCCO[P+](=O)O)C1CC[C@H]2C3CC[C@@H]4C[C@H](O)CC[C@]4(C)C3CC[C@]12C. The third-order valence-electron chi connectivity index (χ3n) is 10.4. The minimum atomic E-state index is -2.45. The van der Waals surface area contributed by atoms with Crippen LogP contribution < -0.4 is 0 Å². The molecule has 4 aliphatic rings. The number of rotatable bonds is 6. The smallest absolute Gasteiger partial charge is 0.393 e. The molecule has 0 aromatic carbocycles. The maximum absolute atomic E-state index is 10.7. The lowest BCUT2D eigenvalue weighted by Crippen LogP contribution is -2.54. The van der Waals surface area contributed by atoms with Gasteiger partial charge < -0.3 is 5.11 Å². The molecule has 5 heteroatoms. The van der Waals surface area contributed by atoms with Gasteiger partial charge in [0, 0.05) is 4.57 Å². The summed E-state index contributed by atoms with van der Waals surface area (Å²) in [5, 5.41) is 10.2. The second kappa shape index (κ2) is 8.49. The van der Waals surface area contributed by atoms with Crippen LogP contribution in [0.4, 0.5) is 0 Å². The molecule has 0 aliphatic heterocycles. The van der Waals surface area contributed by atoms with Crippen LogP contribution in [0.15, 0.2) is 0 Å². The molecule has 4 saturated carbocycles. The van der Waals surface area contributed by atoms with Crippen LogP contribution >= 0.6 is 8.25 Å². The van der Waals surface area contributed by atoms with Gasteiger partial charge in [0.25, 0.3) is 0 Å². The fourth-order valence-electron chi connectivity index (χ4n) is 8.96. The maximum Gasteiger partial charge on any atom is 0.694 e. The number of aliphatic hydroxyl groups excluding tert-OH is 1. The Labute approximate surface area is 178 Å². The van der Waals surface area contributed by atoms with Crippen molar-refractivity contribution in [2.45, 2.75) is 97.5 Å². The summed E-state index contributed by atoms with van der Waals surface area (Å²) in [6.45, 7) is 7.98. The monoisotopic (exact) mass is 425 g/mol. The lowest BCUT2D eigenvalue weighted by molar-refractivity contribution is -0.129. The van der Waals surface area contributed by atoms with E-state index in [2.05, 4.69) is 20.8 Å². The van der Waals surface area contributed by atoms with Gasteiger partial charge >= 0.3 is 8.25 Å². The van der Waals surface area contributed by atoms with Crippen molar-refractivity contribution in [2.75, 3.05) is 6.61 Å². The van der Waals surface area contributed by atoms with Crippen LogP contribution in [-0.4, -0.2) is 22.7 Å². The fourth-order valence-corrected chi connectivity index (χ4v) is 9.25. The first-order valence-corrected chi connectivity index (χ1v) is 13.4. The topological polar surface area (TPSA) is 66.8 Å². The van der Waals surface area contributed by atoms with Crippen LogP contribution in [0, 0.1) is 46.3 Å². The Kier molecular flexibility index (Phi) is 6.49. The van der Waals surface area contributed by atoms with Gasteiger partial charge in [-0.25, -0.2) is 0 Å². The van der Waals surface area contributed by atoms with Crippen LogP contribution in [0.1, 0.15) is 91.4 Å². The molecule has 10 atom stereocenters. The molecule has 0 radical (unpaired) electrons. The zero-order valence-corrected chi connectivity index (χ0v) is 19.6. The van der Waals surface area contributed by atoms with E-state index in [0.29, 0.717) is 23.4 Å². The molecule has 0 amide bonds. The van der Waals surface area contributed by atoms with E-state index in [1.807, 2.05) is 0 Å². The molecule has 4 unspecified atom stereocenters. The Hall–Kier alpha value is -0.0200. The van der Waals surface area contributed by atoms with Gasteiger partial charge in [-0.15, -0.1) is 9.42 Å². The molecule has 4 fully saturated rings. The normalized spacial score (nSPS) is 48.4.